The van der Waals surface area contributed by atoms with Gasteiger partial charge in [0, 0.05) is 0 Å². The van der Waals surface area contributed by atoms with Gasteiger partial charge in [0.1, 0.15) is 24.4 Å². The fraction of sp³-hybridized carbons (Fsp3) is 0.286. The smallest absolute Gasteiger partial charge is 0.402 e. The van der Waals surface area contributed by atoms with Gasteiger partial charge in [0.25, 0.3) is 0 Å². The number of carbonyl (C=O) groups is 1. The molecule has 0 aromatic heterocycles. The molecule has 8 heteroatoms. The largest absolute Gasteiger partial charge is 0.465 e. The lowest BCUT2D eigenvalue weighted by Gasteiger charge is -2.42. The number of hydrogen-bond donors (Lipinski definition) is 2. The third kappa shape index (κ3) is 11.3. The van der Waals surface area contributed by atoms with E-state index in [0.29, 0.717) is 39.6 Å². The maximum absolute atomic E-state index is 8.78. The van der Waals surface area contributed by atoms with Gasteiger partial charge < -0.3 is 34.5 Å². The predicted octanol–water partition coefficient (Wildman–Crippen LogP) is 5.98. The number of rotatable bonds is 13. The van der Waals surface area contributed by atoms with Gasteiger partial charge in [-0.05, 0) is 22.3 Å². The molecule has 0 saturated carbocycles. The Kier molecular flexibility index (Phi) is 13.2. The number of primary amides is 1. The van der Waals surface area contributed by atoms with E-state index in [0.717, 1.165) is 22.3 Å². The molecule has 1 saturated heterocycles. The maximum atomic E-state index is 8.78. The van der Waals surface area contributed by atoms with Gasteiger partial charge in [0.05, 0.1) is 39.6 Å². The molecule has 0 aliphatic carbocycles. The number of ether oxygens (including phenoxy) is 5. The molecule has 4 aromatic rings. The van der Waals surface area contributed by atoms with Crippen molar-refractivity contribution in [2.24, 2.45) is 5.73 Å². The lowest BCUT2D eigenvalue weighted by Crippen LogP contribution is -2.57. The molecule has 226 valence electrons. The normalized spacial score (nSPS) is 19.6. The summed E-state index contributed by atoms with van der Waals surface area (Å²) in [4.78, 5) is 8.78. The van der Waals surface area contributed by atoms with Crippen LogP contribution in [0.4, 0.5) is 4.79 Å². The van der Waals surface area contributed by atoms with Crippen LogP contribution in [0.2, 0.25) is 0 Å². The van der Waals surface area contributed by atoms with E-state index in [-0.39, 0.29) is 24.4 Å². The Morgan fingerprint density at radius 3 is 1.44 bits per heavy atom. The Morgan fingerprint density at radius 1 is 0.628 bits per heavy atom. The minimum Gasteiger partial charge on any atom is -0.465 e. The van der Waals surface area contributed by atoms with E-state index in [2.05, 4.69) is 54.3 Å². The summed E-state index contributed by atoms with van der Waals surface area (Å²) in [5.74, 6) is 0. The van der Waals surface area contributed by atoms with Crippen LogP contribution in [-0.2, 0) is 50.1 Å². The molecule has 5 rings (SSSR count). The molecule has 0 radical (unpaired) electrons. The zero-order chi connectivity index (χ0) is 30.1. The summed E-state index contributed by atoms with van der Waals surface area (Å²) in [6.07, 6.45) is -2.63. The molecule has 4 unspecified atom stereocenters. The standard InChI is InChI=1S/C34H36O5.CH3NO2/c1-5-13-27(14-6-1)21-35-25-31-33(38-23-29-17-9-3-10-18-29)34(39-24-30-19-11-4-12-20-30)32(26-37-31)36-22-28-15-7-2-8-16-28;2-1(3)4/h1-20,31-34H,21-26H2;2H2,(H,3,4). The Bertz CT molecular complexity index is 1310. The lowest BCUT2D eigenvalue weighted by atomic mass is 9.99. The molecule has 1 fully saturated rings. The highest BCUT2D eigenvalue weighted by atomic mass is 16.6. The first-order valence-corrected chi connectivity index (χ1v) is 14.3. The van der Waals surface area contributed by atoms with Crippen LogP contribution in [0.1, 0.15) is 22.3 Å². The molecular formula is C35H39NO7. The summed E-state index contributed by atoms with van der Waals surface area (Å²) in [6.45, 7) is 2.68. The SMILES string of the molecule is NC(=O)O.c1ccc(COCC2OCC(OCc3ccccc3)C(OCc3ccccc3)C2OCc2ccccc2)cc1. The Hall–Kier alpha value is -4.05. The van der Waals surface area contributed by atoms with E-state index in [1.165, 1.54) is 0 Å². The molecule has 0 bridgehead atoms. The van der Waals surface area contributed by atoms with Crippen LogP contribution in [0, 0.1) is 0 Å². The average Bonchev–Trinajstić information content (AvgIpc) is 3.04. The van der Waals surface area contributed by atoms with Crippen LogP contribution in [0.3, 0.4) is 0 Å². The first-order valence-electron chi connectivity index (χ1n) is 14.3. The number of benzene rings is 4. The molecule has 1 amide bonds. The first kappa shape index (κ1) is 31.9. The lowest BCUT2D eigenvalue weighted by molar-refractivity contribution is -0.246. The average molecular weight is 586 g/mol. The van der Waals surface area contributed by atoms with Crippen molar-refractivity contribution < 1.29 is 33.6 Å². The van der Waals surface area contributed by atoms with E-state index in [9.17, 15) is 0 Å². The summed E-state index contributed by atoms with van der Waals surface area (Å²) in [6, 6.07) is 40.7. The zero-order valence-electron chi connectivity index (χ0n) is 24.1. The summed E-state index contributed by atoms with van der Waals surface area (Å²) in [5.41, 5.74) is 8.45. The molecule has 4 aromatic carbocycles. The van der Waals surface area contributed by atoms with E-state index >= 15 is 0 Å². The van der Waals surface area contributed by atoms with E-state index in [4.69, 9.17) is 33.6 Å². The maximum Gasteiger partial charge on any atom is 0.402 e. The van der Waals surface area contributed by atoms with Gasteiger partial charge in [-0.1, -0.05) is 121 Å². The molecule has 1 heterocycles. The third-order valence-corrected chi connectivity index (χ3v) is 6.80. The van der Waals surface area contributed by atoms with Crippen molar-refractivity contribution in [2.75, 3.05) is 13.2 Å². The Labute approximate surface area is 252 Å². The van der Waals surface area contributed by atoms with Crippen LogP contribution >= 0.6 is 0 Å². The van der Waals surface area contributed by atoms with Crippen molar-refractivity contribution >= 4 is 6.09 Å². The molecule has 1 aliphatic rings. The van der Waals surface area contributed by atoms with Crippen LogP contribution in [0.15, 0.2) is 121 Å². The first-order chi connectivity index (χ1) is 21.1. The summed E-state index contributed by atoms with van der Waals surface area (Å²) < 4.78 is 32.0. The van der Waals surface area contributed by atoms with Gasteiger partial charge in [-0.2, -0.15) is 0 Å². The summed E-state index contributed by atoms with van der Waals surface area (Å²) >= 11 is 0. The molecule has 43 heavy (non-hydrogen) atoms. The molecule has 4 atom stereocenters. The fourth-order valence-corrected chi connectivity index (χ4v) is 4.70. The number of nitrogens with two attached hydrogens (primary N) is 1. The van der Waals surface area contributed by atoms with Gasteiger partial charge >= 0.3 is 6.09 Å². The summed E-state index contributed by atoms with van der Waals surface area (Å²) in [5, 5.41) is 7.19. The highest BCUT2D eigenvalue weighted by Gasteiger charge is 2.43. The highest BCUT2D eigenvalue weighted by Crippen LogP contribution is 2.27. The molecule has 3 N–H and O–H groups in total. The van der Waals surface area contributed by atoms with Gasteiger partial charge in [-0.15, -0.1) is 0 Å². The second-order valence-corrected chi connectivity index (χ2v) is 10.1. The Balaban J connectivity index is 0.000000996. The van der Waals surface area contributed by atoms with Crippen molar-refractivity contribution in [3.05, 3.63) is 144 Å². The minimum atomic E-state index is -1.33. The van der Waals surface area contributed by atoms with Crippen molar-refractivity contribution in [3.63, 3.8) is 0 Å². The monoisotopic (exact) mass is 585 g/mol. The second-order valence-electron chi connectivity index (χ2n) is 10.1. The van der Waals surface area contributed by atoms with Gasteiger partial charge in [-0.3, -0.25) is 0 Å². The number of amides is 1. The molecule has 1 aliphatic heterocycles. The zero-order valence-corrected chi connectivity index (χ0v) is 24.1. The van der Waals surface area contributed by atoms with Crippen molar-refractivity contribution in [1.29, 1.82) is 0 Å². The Morgan fingerprint density at radius 2 is 1.00 bits per heavy atom. The van der Waals surface area contributed by atoms with Crippen LogP contribution in [0.25, 0.3) is 0 Å². The van der Waals surface area contributed by atoms with Crippen LogP contribution < -0.4 is 5.73 Å². The van der Waals surface area contributed by atoms with Crippen molar-refractivity contribution in [1.82, 2.24) is 0 Å². The van der Waals surface area contributed by atoms with E-state index in [1.807, 2.05) is 72.8 Å². The third-order valence-electron chi connectivity index (χ3n) is 6.80. The number of carboxylic acid groups (broad SMARTS) is 1. The van der Waals surface area contributed by atoms with Gasteiger partial charge in [-0.25, -0.2) is 4.79 Å². The fourth-order valence-electron chi connectivity index (χ4n) is 4.70. The highest BCUT2D eigenvalue weighted by molar-refractivity contribution is 5.61. The predicted molar refractivity (Wildman–Crippen MR) is 163 cm³/mol. The van der Waals surface area contributed by atoms with Crippen molar-refractivity contribution in [2.45, 2.75) is 50.8 Å². The van der Waals surface area contributed by atoms with E-state index in [1.54, 1.807) is 0 Å². The molecule has 0 spiro atoms. The van der Waals surface area contributed by atoms with E-state index < -0.39 is 6.09 Å². The summed E-state index contributed by atoms with van der Waals surface area (Å²) in [7, 11) is 0. The van der Waals surface area contributed by atoms with Crippen LogP contribution in [-0.4, -0.2) is 48.8 Å². The molecular weight excluding hydrogens is 546 g/mol. The number of hydrogen-bond acceptors (Lipinski definition) is 6. The topological polar surface area (TPSA) is 109 Å². The van der Waals surface area contributed by atoms with Crippen LogP contribution in [0.5, 0.6) is 0 Å². The minimum absolute atomic E-state index is 0.292. The second kappa shape index (κ2) is 17.8. The van der Waals surface area contributed by atoms with Gasteiger partial charge in [0.2, 0.25) is 0 Å². The van der Waals surface area contributed by atoms with Gasteiger partial charge in [0.15, 0.2) is 0 Å². The quantitative estimate of drug-likeness (QED) is 0.199. The van der Waals surface area contributed by atoms with Crippen molar-refractivity contribution in [3.8, 4) is 0 Å². The molecule has 8 nitrogen and oxygen atoms in total.